The quantitative estimate of drug-likeness (QED) is 0.381. The molecule has 3 N–H and O–H groups in total. The maximum atomic E-state index is 8.98. The third kappa shape index (κ3) is 3.60. The second kappa shape index (κ2) is 5.39. The maximum Gasteiger partial charge on any atom is 0.172 e. The first kappa shape index (κ1) is 15.9. The van der Waals surface area contributed by atoms with Crippen molar-refractivity contribution in [1.82, 2.24) is 0 Å². The number of nitrogens with two attached hydrogens (primary N) is 1. The van der Waals surface area contributed by atoms with Gasteiger partial charge in [-0.3, -0.25) is 0 Å². The Morgan fingerprint density at radius 3 is 2.38 bits per heavy atom. The number of oxime groups is 1. The van der Waals surface area contributed by atoms with Crippen LogP contribution in [0.5, 0.6) is 0 Å². The molecule has 0 saturated carbocycles. The molecule has 0 radical (unpaired) electrons. The van der Waals surface area contributed by atoms with Gasteiger partial charge in [0.1, 0.15) is 0 Å². The Morgan fingerprint density at radius 1 is 1.29 bits per heavy atom. The molecule has 0 spiro atoms. The summed E-state index contributed by atoms with van der Waals surface area (Å²) in [7, 11) is 0. The van der Waals surface area contributed by atoms with Gasteiger partial charge in [-0.05, 0) is 45.9 Å². The largest absolute Gasteiger partial charge is 0.409 e. The highest BCUT2D eigenvalue weighted by atomic mass is 35.5. The normalized spacial score (nSPS) is 21.4. The predicted octanol–water partition coefficient (Wildman–Crippen LogP) is 2.83. The second-order valence-corrected chi connectivity index (χ2v) is 7.06. The van der Waals surface area contributed by atoms with E-state index in [1.54, 1.807) is 12.1 Å². The molecule has 0 unspecified atom stereocenters. The molecule has 1 aromatic carbocycles. The molecule has 0 atom stereocenters. The summed E-state index contributed by atoms with van der Waals surface area (Å²) in [6, 6.07) is 5.41. The van der Waals surface area contributed by atoms with Crippen LogP contribution in [0.4, 0.5) is 5.69 Å². The van der Waals surface area contributed by atoms with Gasteiger partial charge in [-0.15, -0.1) is 0 Å². The highest BCUT2D eigenvalue weighted by Crippen LogP contribution is 2.33. The van der Waals surface area contributed by atoms with Crippen LogP contribution in [-0.4, -0.2) is 35.3 Å². The van der Waals surface area contributed by atoms with Gasteiger partial charge in [0, 0.05) is 29.4 Å². The molecule has 1 aliphatic heterocycles. The van der Waals surface area contributed by atoms with Crippen molar-refractivity contribution in [2.24, 2.45) is 10.9 Å². The minimum Gasteiger partial charge on any atom is -0.409 e. The Labute approximate surface area is 130 Å². The molecule has 0 aromatic heterocycles. The summed E-state index contributed by atoms with van der Waals surface area (Å²) in [5.74, 6) is 0.0506. The fourth-order valence-electron chi connectivity index (χ4n) is 3.00. The summed E-state index contributed by atoms with van der Waals surface area (Å²) in [6.07, 6.45) is 0. The summed E-state index contributed by atoms with van der Waals surface area (Å²) in [5.41, 5.74) is 6.73. The summed E-state index contributed by atoms with van der Waals surface area (Å²) in [4.78, 5) is 2.19. The third-order valence-electron chi connectivity index (χ3n) is 3.38. The standard InChI is InChI=1S/C15H22ClN3O2/c1-14(2)8-19(9-15(3,4)21-14)12-6-5-10(16)7-11(12)13(17)18-20/h5-7,20H,8-9H2,1-4H3,(H2,17,18). The lowest BCUT2D eigenvalue weighted by atomic mass is 9.97. The smallest absolute Gasteiger partial charge is 0.172 e. The van der Waals surface area contributed by atoms with E-state index in [2.05, 4.69) is 37.8 Å². The predicted molar refractivity (Wildman–Crippen MR) is 85.4 cm³/mol. The maximum absolute atomic E-state index is 8.98. The number of anilines is 1. The molecule has 6 heteroatoms. The Balaban J connectivity index is 2.46. The first-order chi connectivity index (χ1) is 9.63. The van der Waals surface area contributed by atoms with E-state index in [-0.39, 0.29) is 17.0 Å². The molecule has 0 bridgehead atoms. The van der Waals surface area contributed by atoms with Crippen LogP contribution < -0.4 is 10.6 Å². The van der Waals surface area contributed by atoms with Gasteiger partial charge in [-0.1, -0.05) is 16.8 Å². The van der Waals surface area contributed by atoms with Crippen LogP contribution in [0.25, 0.3) is 0 Å². The third-order valence-corrected chi connectivity index (χ3v) is 3.61. The number of nitrogens with zero attached hydrogens (tertiary/aromatic N) is 2. The van der Waals surface area contributed by atoms with E-state index in [9.17, 15) is 0 Å². The molecule has 1 heterocycles. The number of morpholine rings is 1. The lowest BCUT2D eigenvalue weighted by Crippen LogP contribution is -2.57. The van der Waals surface area contributed by atoms with Crippen LogP contribution in [-0.2, 0) is 4.74 Å². The molecule has 1 aromatic rings. The van der Waals surface area contributed by atoms with Crippen LogP contribution in [0.15, 0.2) is 23.4 Å². The van der Waals surface area contributed by atoms with E-state index < -0.39 is 0 Å². The monoisotopic (exact) mass is 311 g/mol. The van der Waals surface area contributed by atoms with Gasteiger partial charge in [0.05, 0.1) is 11.2 Å². The van der Waals surface area contributed by atoms with Crippen LogP contribution in [0, 0.1) is 0 Å². The molecule has 0 amide bonds. The topological polar surface area (TPSA) is 71.1 Å². The van der Waals surface area contributed by atoms with Gasteiger partial charge in [0.25, 0.3) is 0 Å². The average Bonchev–Trinajstić information content (AvgIpc) is 2.33. The van der Waals surface area contributed by atoms with E-state index in [4.69, 9.17) is 27.3 Å². The Hall–Kier alpha value is -1.46. The van der Waals surface area contributed by atoms with Crippen molar-refractivity contribution in [3.8, 4) is 0 Å². The molecule has 0 aliphatic carbocycles. The first-order valence-corrected chi connectivity index (χ1v) is 7.24. The molecule has 21 heavy (non-hydrogen) atoms. The van der Waals surface area contributed by atoms with Crippen LogP contribution in [0.2, 0.25) is 5.02 Å². The molecule has 1 saturated heterocycles. The Morgan fingerprint density at radius 2 is 1.86 bits per heavy atom. The summed E-state index contributed by atoms with van der Waals surface area (Å²) in [6.45, 7) is 9.65. The highest BCUT2D eigenvalue weighted by Gasteiger charge is 2.38. The van der Waals surface area contributed by atoms with Crippen LogP contribution >= 0.6 is 11.6 Å². The number of halogens is 1. The zero-order valence-electron chi connectivity index (χ0n) is 12.9. The van der Waals surface area contributed by atoms with E-state index in [0.717, 1.165) is 5.69 Å². The number of ether oxygens (including phenoxy) is 1. The molecular formula is C15H22ClN3O2. The minimum atomic E-state index is -0.288. The lowest BCUT2D eigenvalue weighted by molar-refractivity contribution is -0.133. The van der Waals surface area contributed by atoms with Crippen molar-refractivity contribution in [2.45, 2.75) is 38.9 Å². The molecule has 116 valence electrons. The average molecular weight is 312 g/mol. The van der Waals surface area contributed by atoms with Crippen LogP contribution in [0.1, 0.15) is 33.3 Å². The van der Waals surface area contributed by atoms with Crippen molar-refractivity contribution < 1.29 is 9.94 Å². The number of rotatable bonds is 2. The zero-order chi connectivity index (χ0) is 15.8. The number of benzene rings is 1. The number of hydrogen-bond acceptors (Lipinski definition) is 4. The lowest BCUT2D eigenvalue weighted by Gasteiger charge is -2.48. The van der Waals surface area contributed by atoms with E-state index >= 15 is 0 Å². The fourth-order valence-corrected chi connectivity index (χ4v) is 3.17. The molecule has 5 nitrogen and oxygen atoms in total. The molecule has 1 aliphatic rings. The van der Waals surface area contributed by atoms with E-state index in [1.807, 2.05) is 6.07 Å². The SMILES string of the molecule is CC1(C)CN(c2ccc(Cl)cc2/C(N)=N/O)CC(C)(C)O1. The van der Waals surface area contributed by atoms with Gasteiger partial charge in [-0.2, -0.15) is 0 Å². The first-order valence-electron chi connectivity index (χ1n) is 6.86. The zero-order valence-corrected chi connectivity index (χ0v) is 13.6. The highest BCUT2D eigenvalue weighted by molar-refractivity contribution is 6.31. The number of amidine groups is 1. The second-order valence-electron chi connectivity index (χ2n) is 6.62. The minimum absolute atomic E-state index is 0.0506. The Kier molecular flexibility index (Phi) is 4.08. The number of hydrogen-bond donors (Lipinski definition) is 2. The fraction of sp³-hybridized carbons (Fsp3) is 0.533. The van der Waals surface area contributed by atoms with Gasteiger partial charge >= 0.3 is 0 Å². The van der Waals surface area contributed by atoms with Crippen molar-refractivity contribution in [3.05, 3.63) is 28.8 Å². The van der Waals surface area contributed by atoms with Crippen molar-refractivity contribution in [3.63, 3.8) is 0 Å². The summed E-state index contributed by atoms with van der Waals surface area (Å²) < 4.78 is 6.08. The van der Waals surface area contributed by atoms with Gasteiger partial charge in [0.2, 0.25) is 0 Å². The van der Waals surface area contributed by atoms with Crippen molar-refractivity contribution in [1.29, 1.82) is 0 Å². The van der Waals surface area contributed by atoms with E-state index in [1.165, 1.54) is 0 Å². The van der Waals surface area contributed by atoms with Crippen LogP contribution in [0.3, 0.4) is 0 Å². The Bertz CT molecular complexity index is 554. The van der Waals surface area contributed by atoms with E-state index in [0.29, 0.717) is 23.7 Å². The molecular weight excluding hydrogens is 290 g/mol. The molecule has 2 rings (SSSR count). The van der Waals surface area contributed by atoms with Crippen molar-refractivity contribution in [2.75, 3.05) is 18.0 Å². The van der Waals surface area contributed by atoms with Crippen molar-refractivity contribution >= 4 is 23.1 Å². The molecule has 1 fully saturated rings. The summed E-state index contributed by atoms with van der Waals surface area (Å²) in [5, 5.41) is 12.6. The van der Waals surface area contributed by atoms with Gasteiger partial charge < -0.3 is 20.6 Å². The summed E-state index contributed by atoms with van der Waals surface area (Å²) >= 11 is 6.03. The van der Waals surface area contributed by atoms with Gasteiger partial charge in [0.15, 0.2) is 5.84 Å². The van der Waals surface area contributed by atoms with Gasteiger partial charge in [-0.25, -0.2) is 0 Å².